The Labute approximate surface area is 164 Å². The second kappa shape index (κ2) is 9.01. The van der Waals surface area contributed by atoms with Crippen molar-refractivity contribution in [1.29, 1.82) is 10.8 Å². The Kier molecular flexibility index (Phi) is 6.23. The van der Waals surface area contributed by atoms with Crippen LogP contribution < -0.4 is 10.3 Å². The van der Waals surface area contributed by atoms with Gasteiger partial charge in [0.2, 0.25) is 0 Å². The molecule has 0 unspecified atom stereocenters. The summed E-state index contributed by atoms with van der Waals surface area (Å²) < 4.78 is 7.21. The van der Waals surface area contributed by atoms with Gasteiger partial charge in [-0.3, -0.25) is 4.79 Å². The number of nitrogens with zero attached hydrogens (tertiary/aromatic N) is 1. The molecule has 0 saturated heterocycles. The lowest BCUT2D eigenvalue weighted by Gasteiger charge is -2.12. The van der Waals surface area contributed by atoms with Gasteiger partial charge in [0.15, 0.2) is 0 Å². The number of rotatable bonds is 7. The van der Waals surface area contributed by atoms with Crippen molar-refractivity contribution < 1.29 is 4.74 Å². The highest BCUT2D eigenvalue weighted by atomic mass is 16.5. The van der Waals surface area contributed by atoms with E-state index < -0.39 is 0 Å². The van der Waals surface area contributed by atoms with Crippen LogP contribution in [-0.4, -0.2) is 23.1 Å². The third-order valence-corrected chi connectivity index (χ3v) is 4.39. The van der Waals surface area contributed by atoms with Crippen molar-refractivity contribution in [3.63, 3.8) is 0 Å². The molecule has 0 aliphatic heterocycles. The van der Waals surface area contributed by atoms with Crippen molar-refractivity contribution in [1.82, 2.24) is 4.57 Å². The normalized spacial score (nSPS) is 13.0. The van der Waals surface area contributed by atoms with Crippen LogP contribution >= 0.6 is 0 Å². The summed E-state index contributed by atoms with van der Waals surface area (Å²) in [6.45, 7) is 2.40. The maximum Gasteiger partial charge on any atom is 0.254 e. The van der Waals surface area contributed by atoms with Crippen LogP contribution in [0.25, 0.3) is 0 Å². The summed E-state index contributed by atoms with van der Waals surface area (Å²) >= 11 is 0. The van der Waals surface area contributed by atoms with Gasteiger partial charge in [0.25, 0.3) is 5.56 Å². The molecule has 0 bridgehead atoms. The zero-order chi connectivity index (χ0) is 19.9. The van der Waals surface area contributed by atoms with Gasteiger partial charge in [-0.25, -0.2) is 0 Å². The molecule has 1 aliphatic rings. The lowest BCUT2D eigenvalue weighted by Crippen LogP contribution is -2.22. The molecule has 1 aliphatic carbocycles. The van der Waals surface area contributed by atoms with Crippen LogP contribution in [0.15, 0.2) is 53.3 Å². The highest BCUT2D eigenvalue weighted by Gasteiger charge is 2.17. The largest absolute Gasteiger partial charge is 0.487 e. The van der Waals surface area contributed by atoms with E-state index in [1.54, 1.807) is 10.6 Å². The molecule has 2 aromatic rings. The highest BCUT2D eigenvalue weighted by molar-refractivity contribution is 5.96. The number of aryl methyl sites for hydroxylation is 1. The summed E-state index contributed by atoms with van der Waals surface area (Å²) in [4.78, 5) is 12.5. The lowest BCUT2D eigenvalue weighted by molar-refractivity contribution is 0.374. The fourth-order valence-electron chi connectivity index (χ4n) is 2.65. The minimum absolute atomic E-state index is 0.0522. The number of benzene rings is 1. The Morgan fingerprint density at radius 2 is 2.04 bits per heavy atom. The second-order valence-electron chi connectivity index (χ2n) is 6.84. The van der Waals surface area contributed by atoms with Gasteiger partial charge in [0.1, 0.15) is 12.4 Å². The molecule has 142 valence electrons. The lowest BCUT2D eigenvalue weighted by atomic mass is 10.1. The predicted octanol–water partition coefficient (Wildman–Crippen LogP) is 3.57. The summed E-state index contributed by atoms with van der Waals surface area (Å²) in [5, 5.41) is 14.6. The number of nitrogens with one attached hydrogen (secondary N) is 2. The summed E-state index contributed by atoms with van der Waals surface area (Å²) in [5.74, 6) is 7.47. The molecule has 28 heavy (non-hydrogen) atoms. The topological polar surface area (TPSA) is 78.9 Å². The first-order valence-electron chi connectivity index (χ1n) is 9.24. The molecular formula is C23H23N3O2. The fraction of sp³-hybridized carbons (Fsp3) is 0.261. The van der Waals surface area contributed by atoms with E-state index in [-0.39, 0.29) is 17.9 Å². The third-order valence-electron chi connectivity index (χ3n) is 4.39. The van der Waals surface area contributed by atoms with Gasteiger partial charge in [0, 0.05) is 29.5 Å². The van der Waals surface area contributed by atoms with Crippen LogP contribution in [0.4, 0.5) is 0 Å². The first-order valence-corrected chi connectivity index (χ1v) is 9.24. The average Bonchev–Trinajstić information content (AvgIpc) is 3.51. The van der Waals surface area contributed by atoms with Crippen molar-refractivity contribution in [3.05, 3.63) is 75.7 Å². The average molecular weight is 373 g/mol. The Morgan fingerprint density at radius 3 is 2.68 bits per heavy atom. The van der Waals surface area contributed by atoms with Gasteiger partial charge >= 0.3 is 0 Å². The molecule has 1 saturated carbocycles. The highest BCUT2D eigenvalue weighted by Crippen LogP contribution is 2.27. The summed E-state index contributed by atoms with van der Waals surface area (Å²) in [6, 6.07) is 11.2. The van der Waals surface area contributed by atoms with E-state index >= 15 is 0 Å². The first kappa shape index (κ1) is 19.4. The van der Waals surface area contributed by atoms with Crippen LogP contribution in [0.2, 0.25) is 0 Å². The molecular weight excluding hydrogens is 350 g/mol. The van der Waals surface area contributed by atoms with Gasteiger partial charge in [-0.15, -0.1) is 0 Å². The van der Waals surface area contributed by atoms with Gasteiger partial charge in [0.05, 0.1) is 12.3 Å². The molecule has 0 radical (unpaired) electrons. The van der Waals surface area contributed by atoms with E-state index in [2.05, 4.69) is 11.8 Å². The number of ether oxygens (including phenoxy) is 1. The minimum Gasteiger partial charge on any atom is -0.487 e. The maximum absolute atomic E-state index is 12.5. The van der Waals surface area contributed by atoms with Crippen molar-refractivity contribution in [3.8, 4) is 17.6 Å². The summed E-state index contributed by atoms with van der Waals surface area (Å²) in [5.41, 5.74) is 2.92. The van der Waals surface area contributed by atoms with E-state index in [1.807, 2.05) is 31.2 Å². The molecule has 3 rings (SSSR count). The van der Waals surface area contributed by atoms with Crippen LogP contribution in [0.1, 0.15) is 29.7 Å². The number of allylic oxidation sites excluding steroid dienone is 1. The van der Waals surface area contributed by atoms with Gasteiger partial charge in [-0.2, -0.15) is 0 Å². The van der Waals surface area contributed by atoms with Crippen LogP contribution in [0, 0.1) is 35.5 Å². The number of pyridine rings is 1. The van der Waals surface area contributed by atoms with Crippen LogP contribution in [0.5, 0.6) is 5.75 Å². The minimum atomic E-state index is -0.144. The third kappa shape index (κ3) is 5.55. The van der Waals surface area contributed by atoms with Crippen molar-refractivity contribution >= 4 is 11.9 Å². The van der Waals surface area contributed by atoms with E-state index in [0.29, 0.717) is 18.2 Å². The second-order valence-corrected chi connectivity index (χ2v) is 6.84. The summed E-state index contributed by atoms with van der Waals surface area (Å²) in [6.07, 6.45) is 6.48. The number of aromatic nitrogens is 1. The molecule has 0 atom stereocenters. The Morgan fingerprint density at radius 1 is 1.29 bits per heavy atom. The zero-order valence-corrected chi connectivity index (χ0v) is 15.9. The predicted molar refractivity (Wildman–Crippen MR) is 112 cm³/mol. The van der Waals surface area contributed by atoms with E-state index in [1.165, 1.54) is 31.1 Å². The smallest absolute Gasteiger partial charge is 0.254 e. The van der Waals surface area contributed by atoms with Crippen molar-refractivity contribution in [2.75, 3.05) is 6.61 Å². The molecule has 1 fully saturated rings. The SMILES string of the molecule is Cc1cc(OCC(=N)/C=C\C=N)cc(=O)n1Cc1ccc(C#CC2CC2)cc1. The number of hydrogen-bond acceptors (Lipinski definition) is 4. The monoisotopic (exact) mass is 373 g/mol. The quantitative estimate of drug-likeness (QED) is 0.575. The molecule has 0 spiro atoms. The fourth-order valence-corrected chi connectivity index (χ4v) is 2.65. The number of hydrogen-bond donors (Lipinski definition) is 2. The van der Waals surface area contributed by atoms with E-state index in [9.17, 15) is 4.79 Å². The van der Waals surface area contributed by atoms with Crippen molar-refractivity contribution in [2.45, 2.75) is 26.3 Å². The molecule has 5 heteroatoms. The Bertz CT molecular complexity index is 1020. The van der Waals surface area contributed by atoms with Gasteiger partial charge < -0.3 is 20.1 Å². The molecule has 0 amide bonds. The zero-order valence-electron chi connectivity index (χ0n) is 15.9. The molecule has 1 aromatic carbocycles. The van der Waals surface area contributed by atoms with E-state index in [0.717, 1.165) is 23.0 Å². The maximum atomic E-state index is 12.5. The molecule has 2 N–H and O–H groups in total. The van der Waals surface area contributed by atoms with Crippen molar-refractivity contribution in [2.24, 2.45) is 5.92 Å². The van der Waals surface area contributed by atoms with Gasteiger partial charge in [-0.05, 0) is 55.7 Å². The molecule has 1 heterocycles. The first-order chi connectivity index (χ1) is 13.5. The standard InChI is InChI=1S/C23H23N3O2/c1-17-13-22(28-16-21(25)3-2-12-24)14-23(27)26(17)15-20-10-8-19(9-11-20)7-6-18-4-5-18/h2-3,8-14,18,24-25H,4-5,15-16H2,1H3/b3-2-,24-12?,25-21?. The summed E-state index contributed by atoms with van der Waals surface area (Å²) in [7, 11) is 0. The van der Waals surface area contributed by atoms with Crippen LogP contribution in [-0.2, 0) is 6.54 Å². The van der Waals surface area contributed by atoms with Gasteiger partial charge in [-0.1, -0.05) is 24.0 Å². The Balaban J connectivity index is 1.66. The van der Waals surface area contributed by atoms with Crippen LogP contribution in [0.3, 0.4) is 0 Å². The van der Waals surface area contributed by atoms with E-state index in [4.69, 9.17) is 15.6 Å². The molecule has 5 nitrogen and oxygen atoms in total. The molecule has 1 aromatic heterocycles. The Hall–Kier alpha value is -3.39.